The van der Waals surface area contributed by atoms with Crippen molar-refractivity contribution in [2.24, 2.45) is 0 Å². The predicted octanol–water partition coefficient (Wildman–Crippen LogP) is 2.16. The summed E-state index contributed by atoms with van der Waals surface area (Å²) in [5, 5.41) is 20.2. The van der Waals surface area contributed by atoms with Crippen LogP contribution in [0.3, 0.4) is 0 Å². The number of rotatable bonds is 5. The average molecular weight is 338 g/mol. The third-order valence-corrected chi connectivity index (χ3v) is 4.52. The molecular formula is C18H18N4O3. The first-order chi connectivity index (χ1) is 12.2. The van der Waals surface area contributed by atoms with Crippen molar-refractivity contribution >= 4 is 5.91 Å². The molecule has 7 heteroatoms. The average Bonchev–Trinajstić information content (AvgIpc) is 3.27. The highest BCUT2D eigenvalue weighted by Gasteiger charge is 2.33. The van der Waals surface area contributed by atoms with Crippen molar-refractivity contribution in [2.75, 3.05) is 0 Å². The molecule has 7 nitrogen and oxygen atoms in total. The molecule has 128 valence electrons. The second-order valence-electron chi connectivity index (χ2n) is 6.18. The summed E-state index contributed by atoms with van der Waals surface area (Å²) in [5.74, 6) is -0.229. The van der Waals surface area contributed by atoms with Crippen molar-refractivity contribution in [3.8, 4) is 11.1 Å². The summed E-state index contributed by atoms with van der Waals surface area (Å²) < 4.78 is 6.86. The fourth-order valence-corrected chi connectivity index (χ4v) is 3.06. The van der Waals surface area contributed by atoms with Gasteiger partial charge in [-0.15, -0.1) is 0 Å². The number of aliphatic hydroxyl groups excluding tert-OH is 1. The monoisotopic (exact) mass is 338 g/mol. The van der Waals surface area contributed by atoms with Gasteiger partial charge in [-0.1, -0.05) is 35.5 Å². The smallest absolute Gasteiger partial charge is 0.274 e. The largest absolute Gasteiger partial charge is 0.390 e. The number of hydrogen-bond acceptors (Lipinski definition) is 5. The van der Waals surface area contributed by atoms with Crippen LogP contribution in [-0.4, -0.2) is 32.0 Å². The predicted molar refractivity (Wildman–Crippen MR) is 89.6 cm³/mol. The van der Waals surface area contributed by atoms with Gasteiger partial charge in [0.25, 0.3) is 5.91 Å². The third kappa shape index (κ3) is 3.06. The zero-order chi connectivity index (χ0) is 17.2. The van der Waals surface area contributed by atoms with Gasteiger partial charge in [0.05, 0.1) is 23.9 Å². The first-order valence-corrected chi connectivity index (χ1v) is 8.20. The summed E-state index contributed by atoms with van der Waals surface area (Å²) in [7, 11) is 0. The lowest BCUT2D eigenvalue weighted by Gasteiger charge is -2.35. The highest BCUT2D eigenvalue weighted by molar-refractivity contribution is 5.98. The van der Waals surface area contributed by atoms with E-state index >= 15 is 0 Å². The van der Waals surface area contributed by atoms with Gasteiger partial charge in [0, 0.05) is 12.2 Å². The Morgan fingerprint density at radius 1 is 1.28 bits per heavy atom. The van der Waals surface area contributed by atoms with Gasteiger partial charge < -0.3 is 14.9 Å². The zero-order valence-corrected chi connectivity index (χ0v) is 13.5. The summed E-state index contributed by atoms with van der Waals surface area (Å²) in [6.07, 6.45) is 4.96. The molecule has 25 heavy (non-hydrogen) atoms. The van der Waals surface area contributed by atoms with Gasteiger partial charge in [-0.05, 0) is 24.5 Å². The molecule has 0 atom stereocenters. The lowest BCUT2D eigenvalue weighted by Crippen LogP contribution is -2.45. The molecular weight excluding hydrogens is 320 g/mol. The molecule has 1 fully saturated rings. The minimum absolute atomic E-state index is 0.0612. The molecule has 0 saturated heterocycles. The molecule has 1 aromatic carbocycles. The van der Waals surface area contributed by atoms with Crippen LogP contribution >= 0.6 is 0 Å². The highest BCUT2D eigenvalue weighted by Crippen LogP contribution is 2.32. The second-order valence-corrected chi connectivity index (χ2v) is 6.18. The maximum absolute atomic E-state index is 12.5. The lowest BCUT2D eigenvalue weighted by atomic mass is 9.86. The lowest BCUT2D eigenvalue weighted by molar-refractivity contribution is 0.0879. The van der Waals surface area contributed by atoms with Crippen LogP contribution in [0.4, 0.5) is 0 Å². The van der Waals surface area contributed by atoms with Crippen LogP contribution in [-0.2, 0) is 6.61 Å². The number of carbonyl (C=O) groups excluding carboxylic acids is 1. The van der Waals surface area contributed by atoms with Gasteiger partial charge in [-0.25, -0.2) is 0 Å². The molecule has 0 radical (unpaired) electrons. The molecule has 1 saturated carbocycles. The Hall–Kier alpha value is -2.93. The van der Waals surface area contributed by atoms with Crippen LogP contribution < -0.4 is 5.32 Å². The first-order valence-electron chi connectivity index (χ1n) is 8.20. The van der Waals surface area contributed by atoms with Crippen LogP contribution in [0.5, 0.6) is 0 Å². The van der Waals surface area contributed by atoms with Crippen molar-refractivity contribution < 1.29 is 14.4 Å². The Morgan fingerprint density at radius 2 is 2.08 bits per heavy atom. The number of aromatic nitrogens is 3. The van der Waals surface area contributed by atoms with E-state index in [9.17, 15) is 4.79 Å². The maximum Gasteiger partial charge on any atom is 0.274 e. The number of nitrogens with one attached hydrogen (secondary N) is 1. The van der Waals surface area contributed by atoms with E-state index in [0.29, 0.717) is 17.0 Å². The van der Waals surface area contributed by atoms with Gasteiger partial charge in [-0.2, -0.15) is 5.10 Å². The SMILES string of the molecule is O=C(NC1CC(n2ccc(CO)n2)C1)c1nocc1-c1ccccc1. The molecule has 1 amide bonds. The van der Waals surface area contributed by atoms with E-state index in [-0.39, 0.29) is 24.6 Å². The summed E-state index contributed by atoms with van der Waals surface area (Å²) >= 11 is 0. The number of aliphatic hydroxyl groups is 1. The van der Waals surface area contributed by atoms with Crippen LogP contribution in [0, 0.1) is 0 Å². The van der Waals surface area contributed by atoms with Gasteiger partial charge >= 0.3 is 0 Å². The van der Waals surface area contributed by atoms with Crippen LogP contribution in [0.15, 0.2) is 53.4 Å². The number of benzene rings is 1. The first kappa shape index (κ1) is 15.6. The van der Waals surface area contributed by atoms with Gasteiger partial charge in [-0.3, -0.25) is 9.48 Å². The molecule has 2 N–H and O–H groups in total. The Balaban J connectivity index is 1.39. The number of nitrogens with zero attached hydrogens (tertiary/aromatic N) is 3. The van der Waals surface area contributed by atoms with Crippen molar-refractivity contribution in [1.29, 1.82) is 0 Å². The third-order valence-electron chi connectivity index (χ3n) is 4.52. The molecule has 2 heterocycles. The molecule has 3 aromatic rings. The van der Waals surface area contributed by atoms with E-state index in [1.54, 1.807) is 6.07 Å². The highest BCUT2D eigenvalue weighted by atomic mass is 16.5. The Morgan fingerprint density at radius 3 is 2.80 bits per heavy atom. The van der Waals surface area contributed by atoms with Crippen LogP contribution in [0.25, 0.3) is 11.1 Å². The minimum Gasteiger partial charge on any atom is -0.390 e. The van der Waals surface area contributed by atoms with E-state index in [4.69, 9.17) is 9.63 Å². The van der Waals surface area contributed by atoms with Gasteiger partial charge in [0.2, 0.25) is 0 Å². The van der Waals surface area contributed by atoms with Gasteiger partial charge in [0.15, 0.2) is 5.69 Å². The van der Waals surface area contributed by atoms with E-state index in [2.05, 4.69) is 15.6 Å². The van der Waals surface area contributed by atoms with Gasteiger partial charge in [0.1, 0.15) is 6.26 Å². The topological polar surface area (TPSA) is 93.2 Å². The Labute approximate surface area is 144 Å². The Kier molecular flexibility index (Phi) is 4.07. The number of hydrogen-bond donors (Lipinski definition) is 2. The second kappa shape index (κ2) is 6.52. The van der Waals surface area contributed by atoms with Crippen molar-refractivity contribution in [3.05, 3.63) is 60.2 Å². The molecule has 1 aliphatic rings. The van der Waals surface area contributed by atoms with E-state index in [1.165, 1.54) is 6.26 Å². The summed E-state index contributed by atoms with van der Waals surface area (Å²) in [4.78, 5) is 12.5. The van der Waals surface area contributed by atoms with Crippen molar-refractivity contribution in [3.63, 3.8) is 0 Å². The summed E-state index contributed by atoms with van der Waals surface area (Å²) in [6, 6.07) is 11.7. The molecule has 2 aromatic heterocycles. The molecule has 1 aliphatic carbocycles. The Bertz CT molecular complexity index is 865. The van der Waals surface area contributed by atoms with E-state index in [1.807, 2.05) is 41.2 Å². The quantitative estimate of drug-likeness (QED) is 0.744. The summed E-state index contributed by atoms with van der Waals surface area (Å²) in [6.45, 7) is -0.0612. The van der Waals surface area contributed by atoms with Crippen molar-refractivity contribution in [2.45, 2.75) is 31.5 Å². The molecule has 0 spiro atoms. The van der Waals surface area contributed by atoms with E-state index < -0.39 is 0 Å². The standard InChI is InChI=1S/C18H18N4O3/c23-10-13-6-7-22(20-13)15-8-14(9-15)19-18(24)17-16(11-25-21-17)12-4-2-1-3-5-12/h1-7,11,14-15,23H,8-10H2,(H,19,24). The normalized spacial score (nSPS) is 19.4. The van der Waals surface area contributed by atoms with Crippen molar-refractivity contribution in [1.82, 2.24) is 20.3 Å². The zero-order valence-electron chi connectivity index (χ0n) is 13.5. The molecule has 0 bridgehead atoms. The minimum atomic E-state index is -0.229. The van der Waals surface area contributed by atoms with Crippen LogP contribution in [0.1, 0.15) is 35.1 Å². The molecule has 0 aliphatic heterocycles. The fraction of sp³-hybridized carbons (Fsp3) is 0.278. The summed E-state index contributed by atoms with van der Waals surface area (Å²) in [5.41, 5.74) is 2.54. The van der Waals surface area contributed by atoms with E-state index in [0.717, 1.165) is 18.4 Å². The fourth-order valence-electron chi connectivity index (χ4n) is 3.06. The maximum atomic E-state index is 12.5. The number of carbonyl (C=O) groups is 1. The molecule has 0 unspecified atom stereocenters. The molecule has 4 rings (SSSR count). The number of amides is 1. The van der Waals surface area contributed by atoms with Crippen LogP contribution in [0.2, 0.25) is 0 Å².